The van der Waals surface area contributed by atoms with E-state index in [2.05, 4.69) is 0 Å². The van der Waals surface area contributed by atoms with E-state index in [0.717, 1.165) is 16.8 Å². The van der Waals surface area contributed by atoms with E-state index in [1.54, 1.807) is 16.8 Å². The molecule has 1 atom stereocenters. The highest BCUT2D eigenvalue weighted by Crippen LogP contribution is 2.33. The van der Waals surface area contributed by atoms with Gasteiger partial charge in [0, 0.05) is 32.1 Å². The van der Waals surface area contributed by atoms with Gasteiger partial charge in [-0.1, -0.05) is 55.5 Å². The minimum atomic E-state index is -0.441. The summed E-state index contributed by atoms with van der Waals surface area (Å²) in [6, 6.07) is 17.2. The third kappa shape index (κ3) is 3.04. The molecular weight excluding hydrogens is 300 g/mol. The van der Waals surface area contributed by atoms with Crippen LogP contribution in [0.1, 0.15) is 24.5 Å². The highest BCUT2D eigenvalue weighted by molar-refractivity contribution is 6.03. The Morgan fingerprint density at radius 1 is 1.08 bits per heavy atom. The quantitative estimate of drug-likeness (QED) is 0.868. The maximum atomic E-state index is 13.0. The van der Waals surface area contributed by atoms with Crippen LogP contribution in [0, 0.1) is 0 Å². The summed E-state index contributed by atoms with van der Waals surface area (Å²) < 4.78 is 0. The molecule has 2 aromatic carbocycles. The first-order valence-corrected chi connectivity index (χ1v) is 8.30. The number of likely N-dealkylation sites (N-methyl/N-ethyl adjacent to an activating group) is 1. The molecule has 4 heteroatoms. The number of hydrogen-bond acceptors (Lipinski definition) is 2. The average molecular weight is 322 g/mol. The van der Waals surface area contributed by atoms with Crippen molar-refractivity contribution in [2.75, 3.05) is 11.9 Å². The van der Waals surface area contributed by atoms with Crippen molar-refractivity contribution in [3.8, 4) is 0 Å². The lowest BCUT2D eigenvalue weighted by molar-refractivity contribution is -0.133. The SMILES string of the molecule is CCC(=O)N1c2ccccc2C[C@H]1C(=O)N(C)Cc1ccccc1. The Hall–Kier alpha value is -2.62. The molecule has 0 radical (unpaired) electrons. The maximum Gasteiger partial charge on any atom is 0.246 e. The second-order valence-electron chi connectivity index (χ2n) is 6.15. The number of nitrogens with zero attached hydrogens (tertiary/aromatic N) is 2. The summed E-state index contributed by atoms with van der Waals surface area (Å²) in [6.45, 7) is 2.37. The third-order valence-corrected chi connectivity index (χ3v) is 4.47. The Labute approximate surface area is 142 Å². The van der Waals surface area contributed by atoms with Crippen molar-refractivity contribution in [3.05, 3.63) is 65.7 Å². The molecular formula is C20H22N2O2. The van der Waals surface area contributed by atoms with Crippen molar-refractivity contribution in [2.24, 2.45) is 0 Å². The van der Waals surface area contributed by atoms with Gasteiger partial charge in [-0.3, -0.25) is 14.5 Å². The zero-order chi connectivity index (χ0) is 17.1. The molecule has 1 aliphatic rings. The van der Waals surface area contributed by atoms with Gasteiger partial charge in [0.15, 0.2) is 0 Å². The number of hydrogen-bond donors (Lipinski definition) is 0. The molecule has 2 amide bonds. The van der Waals surface area contributed by atoms with Gasteiger partial charge in [-0.15, -0.1) is 0 Å². The number of para-hydroxylation sites is 1. The monoisotopic (exact) mass is 322 g/mol. The van der Waals surface area contributed by atoms with Crippen molar-refractivity contribution in [3.63, 3.8) is 0 Å². The van der Waals surface area contributed by atoms with Crippen LogP contribution in [-0.4, -0.2) is 29.8 Å². The first-order valence-electron chi connectivity index (χ1n) is 8.30. The van der Waals surface area contributed by atoms with Crippen LogP contribution in [0.4, 0.5) is 5.69 Å². The molecule has 0 saturated heterocycles. The van der Waals surface area contributed by atoms with Crippen LogP contribution in [0.3, 0.4) is 0 Å². The van der Waals surface area contributed by atoms with Gasteiger partial charge < -0.3 is 4.90 Å². The molecule has 124 valence electrons. The summed E-state index contributed by atoms with van der Waals surface area (Å²) in [7, 11) is 1.80. The number of rotatable bonds is 4. The minimum Gasteiger partial charge on any atom is -0.340 e. The number of carbonyl (C=O) groups excluding carboxylic acids is 2. The fourth-order valence-corrected chi connectivity index (χ4v) is 3.25. The molecule has 0 N–H and O–H groups in total. The lowest BCUT2D eigenvalue weighted by Gasteiger charge is -2.28. The van der Waals surface area contributed by atoms with Crippen molar-refractivity contribution in [1.82, 2.24) is 4.90 Å². The Morgan fingerprint density at radius 3 is 2.46 bits per heavy atom. The molecule has 1 heterocycles. The lowest BCUT2D eigenvalue weighted by atomic mass is 10.1. The van der Waals surface area contributed by atoms with Gasteiger partial charge in [-0.25, -0.2) is 0 Å². The van der Waals surface area contributed by atoms with Crippen LogP contribution >= 0.6 is 0 Å². The molecule has 0 bridgehead atoms. The highest BCUT2D eigenvalue weighted by atomic mass is 16.2. The van der Waals surface area contributed by atoms with Crippen molar-refractivity contribution >= 4 is 17.5 Å². The number of carbonyl (C=O) groups is 2. The zero-order valence-corrected chi connectivity index (χ0v) is 14.1. The third-order valence-electron chi connectivity index (χ3n) is 4.47. The van der Waals surface area contributed by atoms with Crippen LogP contribution in [0.5, 0.6) is 0 Å². The number of fused-ring (bicyclic) bond motifs is 1. The summed E-state index contributed by atoms with van der Waals surface area (Å²) >= 11 is 0. The van der Waals surface area contributed by atoms with Gasteiger partial charge in [0.1, 0.15) is 6.04 Å². The van der Waals surface area contributed by atoms with Gasteiger partial charge in [0.2, 0.25) is 11.8 Å². The largest absolute Gasteiger partial charge is 0.340 e. The Balaban J connectivity index is 1.82. The highest BCUT2D eigenvalue weighted by Gasteiger charge is 2.38. The van der Waals surface area contributed by atoms with Crippen LogP contribution in [-0.2, 0) is 22.6 Å². The lowest BCUT2D eigenvalue weighted by Crippen LogP contribution is -2.48. The van der Waals surface area contributed by atoms with Crippen LogP contribution in [0.25, 0.3) is 0 Å². The predicted molar refractivity (Wildman–Crippen MR) is 94.6 cm³/mol. The van der Waals surface area contributed by atoms with Crippen LogP contribution < -0.4 is 4.90 Å². The first-order chi connectivity index (χ1) is 11.6. The molecule has 24 heavy (non-hydrogen) atoms. The van der Waals surface area contributed by atoms with E-state index in [-0.39, 0.29) is 11.8 Å². The van der Waals surface area contributed by atoms with E-state index in [1.807, 2.05) is 61.5 Å². The normalized spacial score (nSPS) is 15.9. The molecule has 2 aromatic rings. The number of anilines is 1. The van der Waals surface area contributed by atoms with E-state index < -0.39 is 6.04 Å². The van der Waals surface area contributed by atoms with Gasteiger partial charge in [0.05, 0.1) is 0 Å². The van der Waals surface area contributed by atoms with Crippen LogP contribution in [0.15, 0.2) is 54.6 Å². The molecule has 0 saturated carbocycles. The van der Waals surface area contributed by atoms with E-state index in [4.69, 9.17) is 0 Å². The van der Waals surface area contributed by atoms with Gasteiger partial charge in [0.25, 0.3) is 0 Å². The average Bonchev–Trinajstić information content (AvgIpc) is 3.00. The van der Waals surface area contributed by atoms with Crippen molar-refractivity contribution in [1.29, 1.82) is 0 Å². The Morgan fingerprint density at radius 2 is 1.75 bits per heavy atom. The van der Waals surface area contributed by atoms with Crippen LogP contribution in [0.2, 0.25) is 0 Å². The molecule has 4 nitrogen and oxygen atoms in total. The van der Waals surface area contributed by atoms with Crippen molar-refractivity contribution < 1.29 is 9.59 Å². The van der Waals surface area contributed by atoms with Crippen molar-refractivity contribution in [2.45, 2.75) is 32.4 Å². The fraction of sp³-hybridized carbons (Fsp3) is 0.300. The van der Waals surface area contributed by atoms with Gasteiger partial charge in [-0.05, 0) is 17.2 Å². The second kappa shape index (κ2) is 6.87. The summed E-state index contributed by atoms with van der Waals surface area (Å²) in [5.74, 6) is -0.0248. The predicted octanol–water partition coefficient (Wildman–Crippen LogP) is 3.01. The van der Waals surface area contributed by atoms with E-state index in [1.165, 1.54) is 0 Å². The van der Waals surface area contributed by atoms with E-state index in [0.29, 0.717) is 19.4 Å². The molecule has 0 aromatic heterocycles. The Bertz CT molecular complexity index is 742. The molecule has 3 rings (SSSR count). The molecule has 0 fully saturated rings. The van der Waals surface area contributed by atoms with E-state index in [9.17, 15) is 9.59 Å². The number of benzene rings is 2. The smallest absolute Gasteiger partial charge is 0.246 e. The standard InChI is InChI=1S/C20H22N2O2/c1-3-19(23)22-17-12-8-7-11-16(17)13-18(22)20(24)21(2)14-15-9-5-4-6-10-15/h4-12,18H,3,13-14H2,1-2H3/t18-/m0/s1. The zero-order valence-electron chi connectivity index (χ0n) is 14.1. The molecule has 0 aliphatic carbocycles. The summed E-state index contributed by atoms with van der Waals surface area (Å²) in [5.41, 5.74) is 3.01. The Kier molecular flexibility index (Phi) is 4.65. The topological polar surface area (TPSA) is 40.6 Å². The molecule has 1 aliphatic heterocycles. The van der Waals surface area contributed by atoms with Gasteiger partial charge >= 0.3 is 0 Å². The number of amides is 2. The fourth-order valence-electron chi connectivity index (χ4n) is 3.25. The second-order valence-corrected chi connectivity index (χ2v) is 6.15. The van der Waals surface area contributed by atoms with E-state index >= 15 is 0 Å². The molecule has 0 unspecified atom stereocenters. The van der Waals surface area contributed by atoms with Gasteiger partial charge in [-0.2, -0.15) is 0 Å². The minimum absolute atomic E-state index is 0.00795. The summed E-state index contributed by atoms with van der Waals surface area (Å²) in [6.07, 6.45) is 0.973. The molecule has 0 spiro atoms. The summed E-state index contributed by atoms with van der Waals surface area (Å²) in [4.78, 5) is 28.8. The first kappa shape index (κ1) is 16.2. The maximum absolute atomic E-state index is 13.0. The summed E-state index contributed by atoms with van der Waals surface area (Å²) in [5, 5.41) is 0.